The zero-order valence-electron chi connectivity index (χ0n) is 17.8. The number of rotatable bonds is 5. The lowest BCUT2D eigenvalue weighted by Crippen LogP contribution is -2.21. The molecule has 1 aromatic carbocycles. The maximum Gasteiger partial charge on any atom is 0.416 e. The summed E-state index contributed by atoms with van der Waals surface area (Å²) >= 11 is 0. The van der Waals surface area contributed by atoms with E-state index in [1.807, 2.05) is 0 Å². The number of anilines is 1. The molecule has 2 aromatic rings. The maximum absolute atomic E-state index is 13.3. The Bertz CT molecular complexity index is 951. The average molecular weight is 475 g/mol. The summed E-state index contributed by atoms with van der Waals surface area (Å²) in [5.74, 6) is -1.18. The van der Waals surface area contributed by atoms with Gasteiger partial charge >= 0.3 is 18.3 Å². The van der Waals surface area contributed by atoms with Crippen LogP contribution >= 0.6 is 0 Å². The number of halogens is 6. The molecule has 0 amide bonds. The van der Waals surface area contributed by atoms with E-state index in [-0.39, 0.29) is 41.5 Å². The van der Waals surface area contributed by atoms with E-state index >= 15 is 0 Å². The first-order valence-corrected chi connectivity index (χ1v) is 10.6. The highest BCUT2D eigenvalue weighted by molar-refractivity contribution is 5.87. The Morgan fingerprint density at radius 1 is 1.00 bits per heavy atom. The van der Waals surface area contributed by atoms with E-state index in [1.54, 1.807) is 6.92 Å². The molecule has 5 nitrogen and oxygen atoms in total. The summed E-state index contributed by atoms with van der Waals surface area (Å²) in [6.07, 6.45) is -3.50. The highest BCUT2D eigenvalue weighted by Gasteiger charge is 2.37. The van der Waals surface area contributed by atoms with E-state index in [9.17, 15) is 31.1 Å². The highest BCUT2D eigenvalue weighted by Crippen LogP contribution is 2.40. The van der Waals surface area contributed by atoms with Crippen LogP contribution in [0.3, 0.4) is 0 Å². The van der Waals surface area contributed by atoms with Gasteiger partial charge in [0.2, 0.25) is 5.82 Å². The summed E-state index contributed by atoms with van der Waals surface area (Å²) in [7, 11) is 0. The molecule has 0 unspecified atom stereocenters. The van der Waals surface area contributed by atoms with Crippen molar-refractivity contribution in [2.75, 3.05) is 11.9 Å². The summed E-state index contributed by atoms with van der Waals surface area (Å²) in [6, 6.07) is 1.21. The quantitative estimate of drug-likeness (QED) is 0.304. The second-order valence-corrected chi connectivity index (χ2v) is 7.80. The number of carbonyl (C=O) groups is 1. The van der Waals surface area contributed by atoms with Gasteiger partial charge in [-0.1, -0.05) is 25.7 Å². The van der Waals surface area contributed by atoms with Crippen molar-refractivity contribution >= 4 is 11.8 Å². The molecule has 33 heavy (non-hydrogen) atoms. The van der Waals surface area contributed by atoms with Gasteiger partial charge in [-0.05, 0) is 43.5 Å². The van der Waals surface area contributed by atoms with Crippen molar-refractivity contribution in [1.29, 1.82) is 0 Å². The van der Waals surface area contributed by atoms with Gasteiger partial charge in [0.1, 0.15) is 5.82 Å². The fourth-order valence-corrected chi connectivity index (χ4v) is 3.72. The number of nitrogens with zero attached hydrogens (tertiary/aromatic N) is 2. The minimum absolute atomic E-state index is 0.00704. The van der Waals surface area contributed by atoms with E-state index in [2.05, 4.69) is 15.3 Å². The first kappa shape index (κ1) is 24.8. The summed E-state index contributed by atoms with van der Waals surface area (Å²) in [5.41, 5.74) is -3.31. The average Bonchev–Trinajstić information content (AvgIpc) is 3.01. The largest absolute Gasteiger partial charge is 0.460 e. The first-order valence-electron chi connectivity index (χ1n) is 10.6. The van der Waals surface area contributed by atoms with Crippen LogP contribution in [0.2, 0.25) is 0 Å². The number of benzene rings is 1. The molecule has 1 aromatic heterocycles. The molecule has 1 aliphatic rings. The molecule has 0 atom stereocenters. The molecule has 1 aliphatic carbocycles. The van der Waals surface area contributed by atoms with Crippen molar-refractivity contribution in [3.05, 3.63) is 41.3 Å². The molecule has 0 aliphatic heterocycles. The molecule has 1 saturated carbocycles. The lowest BCUT2D eigenvalue weighted by atomic mass is 9.99. The lowest BCUT2D eigenvalue weighted by molar-refractivity contribution is -0.143. The maximum atomic E-state index is 13.3. The van der Waals surface area contributed by atoms with Crippen LogP contribution in [0.5, 0.6) is 0 Å². The lowest BCUT2D eigenvalue weighted by Gasteiger charge is -2.20. The molecule has 1 heterocycles. The van der Waals surface area contributed by atoms with Gasteiger partial charge in [0, 0.05) is 17.8 Å². The van der Waals surface area contributed by atoms with Crippen LogP contribution in [0.25, 0.3) is 11.1 Å². The highest BCUT2D eigenvalue weighted by atomic mass is 19.4. The first-order chi connectivity index (χ1) is 15.5. The predicted molar refractivity (Wildman–Crippen MR) is 109 cm³/mol. The Balaban J connectivity index is 2.13. The summed E-state index contributed by atoms with van der Waals surface area (Å²) < 4.78 is 85.0. The number of nitrogens with one attached hydrogen (secondary N) is 1. The third-order valence-corrected chi connectivity index (χ3v) is 5.34. The van der Waals surface area contributed by atoms with Crippen LogP contribution in [0.4, 0.5) is 32.2 Å². The number of alkyl halides is 6. The zero-order chi connectivity index (χ0) is 24.2. The Hall–Kier alpha value is -2.85. The predicted octanol–water partition coefficient (Wildman–Crippen LogP) is 6.49. The third kappa shape index (κ3) is 6.35. The van der Waals surface area contributed by atoms with Crippen molar-refractivity contribution in [3.63, 3.8) is 0 Å². The third-order valence-electron chi connectivity index (χ3n) is 5.34. The second-order valence-electron chi connectivity index (χ2n) is 7.80. The Morgan fingerprint density at radius 3 is 2.09 bits per heavy atom. The van der Waals surface area contributed by atoms with Crippen molar-refractivity contribution in [2.45, 2.75) is 63.8 Å². The van der Waals surface area contributed by atoms with Gasteiger partial charge in [0.05, 0.1) is 17.7 Å². The van der Waals surface area contributed by atoms with Gasteiger partial charge in [0.15, 0.2) is 0 Å². The van der Waals surface area contributed by atoms with E-state index < -0.39 is 29.4 Å². The molecule has 0 radical (unpaired) electrons. The van der Waals surface area contributed by atoms with Gasteiger partial charge < -0.3 is 10.1 Å². The number of hydrogen-bond acceptors (Lipinski definition) is 5. The van der Waals surface area contributed by atoms with Gasteiger partial charge in [0.25, 0.3) is 0 Å². The molecule has 1 fully saturated rings. The number of aromatic nitrogens is 2. The fraction of sp³-hybridized carbons (Fsp3) is 0.500. The van der Waals surface area contributed by atoms with E-state index in [1.165, 1.54) is 0 Å². The SMILES string of the molecule is CCOC(=O)c1ncc(-c2cc(C(F)(F)F)cc(C(F)(F)F)c2)c(NC2CCCCCC2)n1. The van der Waals surface area contributed by atoms with Gasteiger partial charge in [-0.25, -0.2) is 14.8 Å². The minimum atomic E-state index is -4.99. The van der Waals surface area contributed by atoms with Crippen LogP contribution in [0, 0.1) is 0 Å². The van der Waals surface area contributed by atoms with Gasteiger partial charge in [-0.15, -0.1) is 0 Å². The molecular weight excluding hydrogens is 452 g/mol. The van der Waals surface area contributed by atoms with Crippen molar-refractivity contribution in [1.82, 2.24) is 9.97 Å². The van der Waals surface area contributed by atoms with Crippen molar-refractivity contribution < 1.29 is 35.9 Å². The molecule has 180 valence electrons. The summed E-state index contributed by atoms with van der Waals surface area (Å²) in [4.78, 5) is 20.0. The molecule has 11 heteroatoms. The van der Waals surface area contributed by atoms with E-state index in [0.29, 0.717) is 12.1 Å². The Labute approximate surface area is 186 Å². The number of esters is 1. The van der Waals surface area contributed by atoms with Crippen LogP contribution in [-0.2, 0) is 17.1 Å². The second kappa shape index (κ2) is 9.96. The Morgan fingerprint density at radius 2 is 1.58 bits per heavy atom. The van der Waals surface area contributed by atoms with Crippen LogP contribution in [-0.4, -0.2) is 28.6 Å². The van der Waals surface area contributed by atoms with Gasteiger partial charge in [-0.3, -0.25) is 0 Å². The van der Waals surface area contributed by atoms with Gasteiger partial charge in [-0.2, -0.15) is 26.3 Å². The minimum Gasteiger partial charge on any atom is -0.460 e. The Kier molecular flexibility index (Phi) is 7.48. The van der Waals surface area contributed by atoms with Crippen LogP contribution in [0.1, 0.15) is 67.2 Å². The zero-order valence-corrected chi connectivity index (χ0v) is 17.8. The molecule has 0 bridgehead atoms. The topological polar surface area (TPSA) is 64.1 Å². The normalized spacial score (nSPS) is 15.7. The molecule has 0 saturated heterocycles. The molecule has 0 spiro atoms. The van der Waals surface area contributed by atoms with E-state index in [4.69, 9.17) is 4.74 Å². The fourth-order valence-electron chi connectivity index (χ4n) is 3.72. The van der Waals surface area contributed by atoms with E-state index in [0.717, 1.165) is 44.7 Å². The number of ether oxygens (including phenoxy) is 1. The standard InChI is InChI=1S/C22H23F6N3O2/c1-2-33-20(32)19-29-12-17(18(31-19)30-16-7-5-3-4-6-8-16)13-9-14(21(23,24)25)11-15(10-13)22(26,27)28/h9-12,16H,2-8H2,1H3,(H,29,30,31). The molecule has 3 rings (SSSR count). The molecular formula is C22H23F6N3O2. The summed E-state index contributed by atoms with van der Waals surface area (Å²) in [5, 5.41) is 3.12. The molecule has 1 N–H and O–H groups in total. The van der Waals surface area contributed by atoms with Crippen LogP contribution in [0.15, 0.2) is 24.4 Å². The van der Waals surface area contributed by atoms with Crippen LogP contribution < -0.4 is 5.32 Å². The summed E-state index contributed by atoms with van der Waals surface area (Å²) in [6.45, 7) is 1.64. The number of hydrogen-bond donors (Lipinski definition) is 1. The number of carbonyl (C=O) groups excluding carboxylic acids is 1. The smallest absolute Gasteiger partial charge is 0.416 e. The van der Waals surface area contributed by atoms with Crippen molar-refractivity contribution in [2.24, 2.45) is 0 Å². The monoisotopic (exact) mass is 475 g/mol. The van der Waals surface area contributed by atoms with Crippen molar-refractivity contribution in [3.8, 4) is 11.1 Å².